The number of rotatable bonds is 11. The van der Waals surface area contributed by atoms with E-state index in [4.69, 9.17) is 18.7 Å². The van der Waals surface area contributed by atoms with E-state index in [1.807, 2.05) is 121 Å². The van der Waals surface area contributed by atoms with Crippen LogP contribution in [-0.2, 0) is 43.1 Å². The van der Waals surface area contributed by atoms with E-state index in [-0.39, 0.29) is 6.61 Å². The number of hydrogen-bond donors (Lipinski definition) is 0. The normalized spacial score (nSPS) is 21.0. The van der Waals surface area contributed by atoms with E-state index in [2.05, 4.69) is 0 Å². The van der Waals surface area contributed by atoms with Crippen LogP contribution < -0.4 is 5.30 Å². The van der Waals surface area contributed by atoms with E-state index in [0.29, 0.717) is 30.9 Å². The highest BCUT2D eigenvalue weighted by molar-refractivity contribution is 7.70. The quantitative estimate of drug-likeness (QED) is 0.200. The first-order chi connectivity index (χ1) is 18.7. The predicted molar refractivity (Wildman–Crippen MR) is 149 cm³/mol. The van der Waals surface area contributed by atoms with Gasteiger partial charge in [0.1, 0.15) is 24.6 Å². The molecule has 38 heavy (non-hydrogen) atoms. The summed E-state index contributed by atoms with van der Waals surface area (Å²) in [5.41, 5.74) is 3.08. The van der Waals surface area contributed by atoms with Crippen molar-refractivity contribution in [1.82, 2.24) is 0 Å². The van der Waals surface area contributed by atoms with Crippen molar-refractivity contribution in [3.63, 3.8) is 0 Å². The molecule has 0 saturated heterocycles. The topological polar surface area (TPSA) is 54.0 Å². The van der Waals surface area contributed by atoms with Gasteiger partial charge in [0, 0.05) is 11.1 Å². The van der Waals surface area contributed by atoms with Gasteiger partial charge in [0.15, 0.2) is 0 Å². The van der Waals surface area contributed by atoms with Gasteiger partial charge in [-0.15, -0.1) is 0 Å². The Hall–Kier alpha value is -3.47. The molecule has 1 heterocycles. The Bertz CT molecular complexity index is 1340. The fourth-order valence-electron chi connectivity index (χ4n) is 4.28. The Balaban J connectivity index is 1.43. The van der Waals surface area contributed by atoms with Crippen LogP contribution in [0.1, 0.15) is 16.7 Å². The van der Waals surface area contributed by atoms with E-state index < -0.39 is 19.6 Å². The zero-order valence-corrected chi connectivity index (χ0v) is 22.0. The van der Waals surface area contributed by atoms with Gasteiger partial charge >= 0.3 is 0 Å². The summed E-state index contributed by atoms with van der Waals surface area (Å²) in [5.74, 6) is 2.12. The van der Waals surface area contributed by atoms with E-state index >= 15 is 0 Å². The van der Waals surface area contributed by atoms with Crippen molar-refractivity contribution in [1.29, 1.82) is 0 Å². The first-order valence-corrected chi connectivity index (χ1v) is 14.4. The minimum absolute atomic E-state index is 0.192. The van der Waals surface area contributed by atoms with Gasteiger partial charge in [0.2, 0.25) is 0 Å². The monoisotopic (exact) mass is 526 g/mol. The Kier molecular flexibility index (Phi) is 8.85. The zero-order chi connectivity index (χ0) is 26.0. The third kappa shape index (κ3) is 6.89. The molecule has 0 amide bonds. The second-order valence-corrected chi connectivity index (χ2v) is 11.3. The van der Waals surface area contributed by atoms with Crippen LogP contribution in [-0.4, -0.2) is 18.8 Å². The summed E-state index contributed by atoms with van der Waals surface area (Å²) in [6.07, 6.45) is -1.23. The highest BCUT2D eigenvalue weighted by Gasteiger charge is 2.42. The first-order valence-electron chi connectivity index (χ1n) is 12.7. The summed E-state index contributed by atoms with van der Waals surface area (Å²) in [6, 6.07) is 39.0. The predicted octanol–water partition coefficient (Wildman–Crippen LogP) is 6.85. The lowest BCUT2D eigenvalue weighted by Gasteiger charge is -2.35. The Morgan fingerprint density at radius 3 is 1.71 bits per heavy atom. The summed E-state index contributed by atoms with van der Waals surface area (Å²) in [5, 5.41) is 0.607. The van der Waals surface area contributed by atoms with Crippen LogP contribution in [0.25, 0.3) is 0 Å². The van der Waals surface area contributed by atoms with E-state index in [9.17, 15) is 4.57 Å². The van der Waals surface area contributed by atoms with Crippen LogP contribution in [0, 0.1) is 0 Å². The molecule has 194 valence electrons. The average molecular weight is 527 g/mol. The molecule has 0 spiro atoms. The zero-order valence-electron chi connectivity index (χ0n) is 21.1. The number of hydrogen-bond acceptors (Lipinski definition) is 5. The summed E-state index contributed by atoms with van der Waals surface area (Å²) in [7, 11) is -3.39. The fourth-order valence-corrected chi connectivity index (χ4v) is 6.33. The maximum atomic E-state index is 14.2. The van der Waals surface area contributed by atoms with Crippen molar-refractivity contribution in [3.05, 3.63) is 150 Å². The lowest BCUT2D eigenvalue weighted by molar-refractivity contribution is -0.0778. The molecule has 0 aliphatic carbocycles. The number of benzene rings is 4. The maximum Gasteiger partial charge on any atom is 0.258 e. The molecule has 0 aromatic heterocycles. The Labute approximate surface area is 224 Å². The standard InChI is InChI=1S/C32H31O5P/c33-38(29-19-11-4-12-20-29)25-31(35-22-27-15-7-2-8-16-27)32(36-23-28-17-9-3-10-18-28)30(37-38)24-34-21-26-13-5-1-6-14-26/h1-20,25,30,32H,21-24H2/t30-,32-,38-/m1/s1. The minimum Gasteiger partial charge on any atom is -0.490 e. The van der Waals surface area contributed by atoms with Crippen LogP contribution >= 0.6 is 7.37 Å². The van der Waals surface area contributed by atoms with Crippen LogP contribution in [0.15, 0.2) is 133 Å². The van der Waals surface area contributed by atoms with Crippen molar-refractivity contribution < 1.29 is 23.3 Å². The molecular weight excluding hydrogens is 495 g/mol. The van der Waals surface area contributed by atoms with Crippen LogP contribution in [0.4, 0.5) is 0 Å². The van der Waals surface area contributed by atoms with Crippen LogP contribution in [0.3, 0.4) is 0 Å². The molecule has 0 unspecified atom stereocenters. The Morgan fingerprint density at radius 2 is 1.13 bits per heavy atom. The van der Waals surface area contributed by atoms with Crippen molar-refractivity contribution >= 4 is 12.7 Å². The second-order valence-electron chi connectivity index (χ2n) is 9.10. The molecule has 4 aromatic carbocycles. The second kappa shape index (κ2) is 12.9. The van der Waals surface area contributed by atoms with Gasteiger partial charge in [0.05, 0.1) is 19.8 Å². The molecule has 1 aliphatic rings. The van der Waals surface area contributed by atoms with Crippen LogP contribution in [0.5, 0.6) is 0 Å². The van der Waals surface area contributed by atoms with Gasteiger partial charge in [-0.2, -0.15) is 0 Å². The van der Waals surface area contributed by atoms with Gasteiger partial charge in [-0.25, -0.2) is 0 Å². The third-order valence-electron chi connectivity index (χ3n) is 6.24. The van der Waals surface area contributed by atoms with Crippen molar-refractivity contribution in [2.24, 2.45) is 0 Å². The molecule has 0 saturated carbocycles. The van der Waals surface area contributed by atoms with E-state index in [1.165, 1.54) is 0 Å². The fraction of sp³-hybridized carbons (Fsp3) is 0.188. The summed E-state index contributed by atoms with van der Waals surface area (Å²) >= 11 is 0. The summed E-state index contributed by atoms with van der Waals surface area (Å²) < 4.78 is 39.3. The lowest BCUT2D eigenvalue weighted by atomic mass is 10.1. The molecule has 6 heteroatoms. The van der Waals surface area contributed by atoms with Crippen molar-refractivity contribution in [2.75, 3.05) is 6.61 Å². The lowest BCUT2D eigenvalue weighted by Crippen LogP contribution is -2.40. The maximum absolute atomic E-state index is 14.2. The van der Waals surface area contributed by atoms with E-state index in [0.717, 1.165) is 16.7 Å². The minimum atomic E-state index is -3.39. The van der Waals surface area contributed by atoms with Gasteiger partial charge in [0.25, 0.3) is 7.37 Å². The molecular formula is C32H31O5P. The third-order valence-corrected chi connectivity index (χ3v) is 8.43. The molecule has 0 N–H and O–H groups in total. The van der Waals surface area contributed by atoms with Crippen LogP contribution in [0.2, 0.25) is 0 Å². The summed E-state index contributed by atoms with van der Waals surface area (Å²) in [6.45, 7) is 1.28. The average Bonchev–Trinajstić information content (AvgIpc) is 2.98. The molecule has 3 atom stereocenters. The smallest absolute Gasteiger partial charge is 0.258 e. The molecule has 4 aromatic rings. The van der Waals surface area contributed by atoms with Gasteiger partial charge in [-0.1, -0.05) is 109 Å². The molecule has 5 nitrogen and oxygen atoms in total. The molecule has 5 rings (SSSR count). The highest BCUT2D eigenvalue weighted by atomic mass is 31.2. The van der Waals surface area contributed by atoms with Gasteiger partial charge in [-0.05, 0) is 28.8 Å². The largest absolute Gasteiger partial charge is 0.490 e. The number of ether oxygens (including phenoxy) is 3. The Morgan fingerprint density at radius 1 is 0.632 bits per heavy atom. The summed E-state index contributed by atoms with van der Waals surface area (Å²) in [4.78, 5) is 0. The van der Waals surface area contributed by atoms with Crippen molar-refractivity contribution in [2.45, 2.75) is 32.0 Å². The highest BCUT2D eigenvalue weighted by Crippen LogP contribution is 2.54. The van der Waals surface area contributed by atoms with E-state index in [1.54, 1.807) is 5.82 Å². The van der Waals surface area contributed by atoms with Gasteiger partial charge < -0.3 is 18.7 Å². The van der Waals surface area contributed by atoms with Gasteiger partial charge in [-0.3, -0.25) is 4.57 Å². The molecule has 1 aliphatic heterocycles. The molecule has 0 radical (unpaired) electrons. The van der Waals surface area contributed by atoms with Crippen molar-refractivity contribution in [3.8, 4) is 0 Å². The molecule has 0 bridgehead atoms. The first kappa shape index (κ1) is 26.1. The SMILES string of the molecule is O=[P@]1(c2ccccc2)C=C(OCc2ccccc2)[C@H](OCc2ccccc2)[C@@H](COCc2ccccc2)O1. The molecule has 0 fully saturated rings.